The van der Waals surface area contributed by atoms with Gasteiger partial charge in [-0.3, -0.25) is 0 Å². The number of rotatable bonds is 10. The van der Waals surface area contributed by atoms with E-state index in [2.05, 4.69) is 31.4 Å². The number of hydrogen-bond acceptors (Lipinski definition) is 2. The third-order valence-corrected chi connectivity index (χ3v) is 2.61. The highest BCUT2D eigenvalue weighted by molar-refractivity contribution is 4.58. The van der Waals surface area contributed by atoms with Gasteiger partial charge in [0.05, 0.1) is 0 Å². The van der Waals surface area contributed by atoms with Gasteiger partial charge in [0.1, 0.15) is 0 Å². The molecule has 0 aliphatic carbocycles. The van der Waals surface area contributed by atoms with Gasteiger partial charge in [0, 0.05) is 19.1 Å². The standard InChI is InChI=1S/C12H28N2/c1-4-6-7-8-9-13-10-11-14-12(3)5-2/h12-14H,4-11H2,1-3H3/t12-/m1/s1. The molecule has 0 saturated heterocycles. The third-order valence-electron chi connectivity index (χ3n) is 2.61. The maximum absolute atomic E-state index is 3.47. The Kier molecular flexibility index (Phi) is 10.9. The molecule has 0 heterocycles. The van der Waals surface area contributed by atoms with Crippen LogP contribution >= 0.6 is 0 Å². The van der Waals surface area contributed by atoms with Crippen LogP contribution in [0.2, 0.25) is 0 Å². The zero-order valence-corrected chi connectivity index (χ0v) is 10.2. The molecule has 14 heavy (non-hydrogen) atoms. The summed E-state index contributed by atoms with van der Waals surface area (Å²) < 4.78 is 0. The fourth-order valence-electron chi connectivity index (χ4n) is 1.35. The molecule has 0 unspecified atom stereocenters. The van der Waals surface area contributed by atoms with Crippen molar-refractivity contribution in [1.29, 1.82) is 0 Å². The van der Waals surface area contributed by atoms with Gasteiger partial charge in [0.25, 0.3) is 0 Å². The SMILES string of the molecule is CCCCCCNCCN[C@H](C)CC. The van der Waals surface area contributed by atoms with E-state index in [0.29, 0.717) is 6.04 Å². The highest BCUT2D eigenvalue weighted by Crippen LogP contribution is 1.96. The van der Waals surface area contributed by atoms with Crippen LogP contribution in [-0.2, 0) is 0 Å². The average Bonchev–Trinajstić information content (AvgIpc) is 2.21. The largest absolute Gasteiger partial charge is 0.315 e. The normalized spacial score (nSPS) is 13.1. The minimum absolute atomic E-state index is 0.664. The fraction of sp³-hybridized carbons (Fsp3) is 1.00. The van der Waals surface area contributed by atoms with Gasteiger partial charge in [-0.05, 0) is 26.3 Å². The minimum atomic E-state index is 0.664. The molecule has 2 nitrogen and oxygen atoms in total. The molecule has 0 fully saturated rings. The van der Waals surface area contributed by atoms with Crippen molar-refractivity contribution in [3.63, 3.8) is 0 Å². The van der Waals surface area contributed by atoms with Crippen molar-refractivity contribution in [2.24, 2.45) is 0 Å². The van der Waals surface area contributed by atoms with Crippen molar-refractivity contribution in [2.45, 2.75) is 58.9 Å². The van der Waals surface area contributed by atoms with Crippen LogP contribution in [0.4, 0.5) is 0 Å². The summed E-state index contributed by atoms with van der Waals surface area (Å²) in [6.07, 6.45) is 6.64. The molecule has 0 saturated carbocycles. The van der Waals surface area contributed by atoms with E-state index in [-0.39, 0.29) is 0 Å². The zero-order chi connectivity index (χ0) is 10.6. The Balaban J connectivity index is 2.92. The molecule has 0 rings (SSSR count). The van der Waals surface area contributed by atoms with Crippen LogP contribution in [0.15, 0.2) is 0 Å². The number of nitrogens with one attached hydrogen (secondary N) is 2. The van der Waals surface area contributed by atoms with E-state index in [4.69, 9.17) is 0 Å². The smallest absolute Gasteiger partial charge is 0.00792 e. The first kappa shape index (κ1) is 13.9. The maximum atomic E-state index is 3.47. The summed E-state index contributed by atoms with van der Waals surface area (Å²) in [6.45, 7) is 10.1. The van der Waals surface area contributed by atoms with E-state index in [0.717, 1.165) is 13.1 Å². The van der Waals surface area contributed by atoms with Gasteiger partial charge in [-0.15, -0.1) is 0 Å². The topological polar surface area (TPSA) is 24.1 Å². The lowest BCUT2D eigenvalue weighted by Crippen LogP contribution is -2.33. The molecule has 2 heteroatoms. The first-order valence-electron chi connectivity index (χ1n) is 6.25. The number of unbranched alkanes of at least 4 members (excludes halogenated alkanes) is 3. The van der Waals surface area contributed by atoms with E-state index in [9.17, 15) is 0 Å². The Morgan fingerprint density at radius 1 is 0.929 bits per heavy atom. The highest BCUT2D eigenvalue weighted by Gasteiger charge is 1.95. The molecule has 0 aromatic rings. The van der Waals surface area contributed by atoms with E-state index in [1.165, 1.54) is 38.6 Å². The second-order valence-electron chi connectivity index (χ2n) is 4.07. The Bertz CT molecular complexity index is 104. The molecule has 0 spiro atoms. The van der Waals surface area contributed by atoms with E-state index >= 15 is 0 Å². The van der Waals surface area contributed by atoms with Crippen molar-refractivity contribution in [1.82, 2.24) is 10.6 Å². The van der Waals surface area contributed by atoms with Gasteiger partial charge in [-0.25, -0.2) is 0 Å². The molecule has 0 bridgehead atoms. The van der Waals surface area contributed by atoms with Crippen LogP contribution in [0, 0.1) is 0 Å². The average molecular weight is 200 g/mol. The van der Waals surface area contributed by atoms with Gasteiger partial charge < -0.3 is 10.6 Å². The van der Waals surface area contributed by atoms with Gasteiger partial charge in [-0.2, -0.15) is 0 Å². The predicted molar refractivity (Wildman–Crippen MR) is 64.8 cm³/mol. The summed E-state index contributed by atoms with van der Waals surface area (Å²) >= 11 is 0. The second-order valence-corrected chi connectivity index (χ2v) is 4.07. The fourth-order valence-corrected chi connectivity index (χ4v) is 1.35. The molecule has 0 aliphatic rings. The Hall–Kier alpha value is -0.0800. The van der Waals surface area contributed by atoms with Crippen LogP contribution in [0.25, 0.3) is 0 Å². The Labute approximate surface area is 89.9 Å². The first-order valence-corrected chi connectivity index (χ1v) is 6.25. The molecule has 0 radical (unpaired) electrons. The zero-order valence-electron chi connectivity index (χ0n) is 10.2. The molecule has 2 N–H and O–H groups in total. The van der Waals surface area contributed by atoms with Crippen molar-refractivity contribution >= 4 is 0 Å². The summed E-state index contributed by atoms with van der Waals surface area (Å²) in [5, 5.41) is 6.93. The molecular weight excluding hydrogens is 172 g/mol. The van der Waals surface area contributed by atoms with Crippen LogP contribution in [0.1, 0.15) is 52.9 Å². The molecule has 1 atom stereocenters. The van der Waals surface area contributed by atoms with Crippen LogP contribution in [-0.4, -0.2) is 25.7 Å². The summed E-state index contributed by atoms with van der Waals surface area (Å²) in [5.74, 6) is 0. The second kappa shape index (κ2) is 11.0. The molecule has 0 aromatic heterocycles. The summed E-state index contributed by atoms with van der Waals surface area (Å²) in [4.78, 5) is 0. The predicted octanol–water partition coefficient (Wildman–Crippen LogP) is 2.54. The van der Waals surface area contributed by atoms with E-state index < -0.39 is 0 Å². The number of hydrogen-bond donors (Lipinski definition) is 2. The summed E-state index contributed by atoms with van der Waals surface area (Å²) in [6, 6.07) is 0.664. The monoisotopic (exact) mass is 200 g/mol. The lowest BCUT2D eigenvalue weighted by atomic mass is 10.2. The van der Waals surface area contributed by atoms with Crippen LogP contribution in [0.3, 0.4) is 0 Å². The van der Waals surface area contributed by atoms with Crippen molar-refractivity contribution < 1.29 is 0 Å². The maximum Gasteiger partial charge on any atom is 0.00792 e. The van der Waals surface area contributed by atoms with E-state index in [1.54, 1.807) is 0 Å². The van der Waals surface area contributed by atoms with Gasteiger partial charge >= 0.3 is 0 Å². The van der Waals surface area contributed by atoms with Gasteiger partial charge in [0.15, 0.2) is 0 Å². The van der Waals surface area contributed by atoms with Gasteiger partial charge in [-0.1, -0.05) is 33.1 Å². The highest BCUT2D eigenvalue weighted by atomic mass is 15.0. The van der Waals surface area contributed by atoms with Crippen LogP contribution in [0.5, 0.6) is 0 Å². The molecule has 0 aliphatic heterocycles. The lowest BCUT2D eigenvalue weighted by Gasteiger charge is -2.11. The molecule has 0 amide bonds. The molecular formula is C12H28N2. The van der Waals surface area contributed by atoms with Crippen molar-refractivity contribution in [3.05, 3.63) is 0 Å². The van der Waals surface area contributed by atoms with Gasteiger partial charge in [0.2, 0.25) is 0 Å². The Morgan fingerprint density at radius 3 is 2.36 bits per heavy atom. The van der Waals surface area contributed by atoms with Crippen molar-refractivity contribution in [3.8, 4) is 0 Å². The van der Waals surface area contributed by atoms with Crippen LogP contribution < -0.4 is 10.6 Å². The molecule has 0 aromatic carbocycles. The summed E-state index contributed by atoms with van der Waals surface area (Å²) in [5.41, 5.74) is 0. The third kappa shape index (κ3) is 10.0. The lowest BCUT2D eigenvalue weighted by molar-refractivity contribution is 0.510. The van der Waals surface area contributed by atoms with E-state index in [1.807, 2.05) is 0 Å². The van der Waals surface area contributed by atoms with Crippen molar-refractivity contribution in [2.75, 3.05) is 19.6 Å². The first-order chi connectivity index (χ1) is 6.81. The Morgan fingerprint density at radius 2 is 1.71 bits per heavy atom. The minimum Gasteiger partial charge on any atom is -0.315 e. The quantitative estimate of drug-likeness (QED) is 0.530. The molecule has 86 valence electrons. The summed E-state index contributed by atoms with van der Waals surface area (Å²) in [7, 11) is 0.